The third-order valence-electron chi connectivity index (χ3n) is 3.62. The molecule has 0 aliphatic carbocycles. The summed E-state index contributed by atoms with van der Waals surface area (Å²) in [5, 5.41) is 0. The van der Waals surface area contributed by atoms with Crippen LogP contribution in [0.3, 0.4) is 0 Å². The summed E-state index contributed by atoms with van der Waals surface area (Å²) in [6.07, 6.45) is 6.42. The maximum absolute atomic E-state index is 4.26. The molecule has 0 radical (unpaired) electrons. The lowest BCUT2D eigenvalue weighted by Crippen LogP contribution is -2.01. The fraction of sp³-hybridized carbons (Fsp3) is 0.333. The van der Waals surface area contributed by atoms with Crippen molar-refractivity contribution in [3.63, 3.8) is 0 Å². The third-order valence-corrected chi connectivity index (χ3v) is 4.75. The van der Waals surface area contributed by atoms with E-state index in [0.29, 0.717) is 0 Å². The molecule has 0 aromatic heterocycles. The van der Waals surface area contributed by atoms with E-state index in [1.807, 2.05) is 11.8 Å². The van der Waals surface area contributed by atoms with Crippen molar-refractivity contribution in [1.29, 1.82) is 0 Å². The second-order valence-corrected chi connectivity index (χ2v) is 7.60. The number of hydrogen-bond donors (Lipinski definition) is 0. The van der Waals surface area contributed by atoms with Crippen LogP contribution in [-0.2, 0) is 6.42 Å². The monoisotopic (exact) mass is 324 g/mol. The Balaban J connectivity index is 2.45. The molecule has 1 aromatic carbocycles. The molecule has 0 amide bonds. The third kappa shape index (κ3) is 8.71. The lowest BCUT2D eigenvalue weighted by atomic mass is 9.67. The molecule has 0 unspecified atom stereocenters. The minimum atomic E-state index is 0.939. The first-order chi connectivity index (χ1) is 10.9. The molecule has 0 N–H and O–H groups in total. The molecule has 2 heteroatoms. The Bertz CT molecular complexity index is 596. The normalized spacial score (nSPS) is 11.2. The van der Waals surface area contributed by atoms with Crippen molar-refractivity contribution in [3.8, 4) is 0 Å². The van der Waals surface area contributed by atoms with Gasteiger partial charge in [-0.2, -0.15) is 0 Å². The summed E-state index contributed by atoms with van der Waals surface area (Å²) in [5.41, 5.74) is 5.16. The van der Waals surface area contributed by atoms with Crippen molar-refractivity contribution < 1.29 is 0 Å². The first-order valence-electron chi connectivity index (χ1n) is 8.28. The summed E-state index contributed by atoms with van der Waals surface area (Å²) in [6, 6.07) is 8.67. The van der Waals surface area contributed by atoms with Gasteiger partial charge in [0.05, 0.1) is 0 Å². The summed E-state index contributed by atoms with van der Waals surface area (Å²) in [6.45, 7) is 18.7. The summed E-state index contributed by atoms with van der Waals surface area (Å²) >= 11 is 1.81. The van der Waals surface area contributed by atoms with Crippen molar-refractivity contribution in [1.82, 2.24) is 0 Å². The van der Waals surface area contributed by atoms with E-state index >= 15 is 0 Å². The van der Waals surface area contributed by atoms with E-state index in [-0.39, 0.29) is 0 Å². The lowest BCUT2D eigenvalue weighted by Gasteiger charge is -2.11. The summed E-state index contributed by atoms with van der Waals surface area (Å²) in [4.78, 5) is 2.59. The van der Waals surface area contributed by atoms with E-state index in [1.54, 1.807) is 0 Å². The maximum Gasteiger partial charge on any atom is 0.194 e. The number of hydrogen-bond acceptors (Lipinski definition) is 1. The molecule has 0 saturated carbocycles. The van der Waals surface area contributed by atoms with Gasteiger partial charge in [0.1, 0.15) is 0 Å². The van der Waals surface area contributed by atoms with Crippen molar-refractivity contribution in [2.45, 2.75) is 46.5 Å². The van der Waals surface area contributed by atoms with Crippen LogP contribution in [0.15, 0.2) is 70.8 Å². The minimum absolute atomic E-state index is 0.939. The molecule has 0 fully saturated rings. The Labute approximate surface area is 147 Å². The Morgan fingerprint density at radius 3 is 2.57 bits per heavy atom. The summed E-state index contributed by atoms with van der Waals surface area (Å²) < 4.78 is 0. The highest BCUT2D eigenvalue weighted by molar-refractivity contribution is 8.08. The predicted molar refractivity (Wildman–Crippen MR) is 110 cm³/mol. The molecular weight excluding hydrogens is 295 g/mol. The highest BCUT2D eigenvalue weighted by atomic mass is 32.2. The van der Waals surface area contributed by atoms with Gasteiger partial charge in [-0.25, -0.2) is 0 Å². The fourth-order valence-electron chi connectivity index (χ4n) is 2.44. The average molecular weight is 324 g/mol. The van der Waals surface area contributed by atoms with Crippen molar-refractivity contribution in [2.24, 2.45) is 0 Å². The molecule has 0 aliphatic rings. The smallest absolute Gasteiger partial charge is 0.110 e. The molecular formula is C21H29BS. The molecule has 122 valence electrons. The second-order valence-electron chi connectivity index (χ2n) is 6.30. The number of allylic oxidation sites excluding steroid dienone is 4. The van der Waals surface area contributed by atoms with Crippen LogP contribution in [0.5, 0.6) is 0 Å². The van der Waals surface area contributed by atoms with Crippen molar-refractivity contribution in [2.75, 3.05) is 0 Å². The van der Waals surface area contributed by atoms with Gasteiger partial charge in [-0.05, 0) is 61.7 Å². The van der Waals surface area contributed by atoms with Crippen LogP contribution in [-0.4, -0.2) is 7.28 Å². The van der Waals surface area contributed by atoms with Gasteiger partial charge in [-0.3, -0.25) is 0 Å². The first-order valence-corrected chi connectivity index (χ1v) is 9.09. The van der Waals surface area contributed by atoms with Gasteiger partial charge in [-0.1, -0.05) is 48.1 Å². The van der Waals surface area contributed by atoms with Crippen molar-refractivity contribution >= 4 is 19.0 Å². The van der Waals surface area contributed by atoms with Crippen LogP contribution in [0, 0.1) is 6.92 Å². The zero-order valence-electron chi connectivity index (χ0n) is 15.0. The van der Waals surface area contributed by atoms with E-state index in [4.69, 9.17) is 0 Å². The summed E-state index contributed by atoms with van der Waals surface area (Å²) in [7, 11) is 0.939. The molecule has 23 heavy (non-hydrogen) atoms. The molecule has 0 saturated heterocycles. The SMILES string of the molecule is C=C(C)CCCC(=C)S/C(BC(=C)Cc1cccc(C)c1)=C\C. The first kappa shape index (κ1) is 19.6. The van der Waals surface area contributed by atoms with Crippen LogP contribution >= 0.6 is 11.8 Å². The molecule has 0 atom stereocenters. The van der Waals surface area contributed by atoms with Gasteiger partial charge >= 0.3 is 0 Å². The maximum atomic E-state index is 4.26. The topological polar surface area (TPSA) is 0 Å². The molecule has 0 spiro atoms. The standard InChI is InChI=1S/C21H29BS/c1-7-21(23-19(6)12-8-10-16(2)3)22-18(5)15-20-13-9-11-17(4)14-20/h7,9,11,13-14,22H,2,5-6,8,10,12,15H2,1,3-4H3/b21-7-. The van der Waals surface area contributed by atoms with E-state index in [9.17, 15) is 0 Å². The quantitative estimate of drug-likeness (QED) is 0.357. The zero-order chi connectivity index (χ0) is 17.2. The van der Waals surface area contributed by atoms with Crippen LogP contribution in [0.2, 0.25) is 0 Å². The van der Waals surface area contributed by atoms with E-state index in [0.717, 1.165) is 33.0 Å². The Morgan fingerprint density at radius 2 is 1.96 bits per heavy atom. The lowest BCUT2D eigenvalue weighted by molar-refractivity contribution is 0.830. The molecule has 0 bridgehead atoms. The van der Waals surface area contributed by atoms with Gasteiger partial charge in [0.2, 0.25) is 0 Å². The second kappa shape index (κ2) is 10.4. The fourth-order valence-corrected chi connectivity index (χ4v) is 3.45. The molecule has 1 rings (SSSR count). The van der Waals surface area contributed by atoms with Crippen LogP contribution in [0.4, 0.5) is 0 Å². The van der Waals surface area contributed by atoms with Crippen molar-refractivity contribution in [3.05, 3.63) is 82.0 Å². The van der Waals surface area contributed by atoms with Gasteiger partial charge < -0.3 is 0 Å². The Hall–Kier alpha value is -1.41. The van der Waals surface area contributed by atoms with Crippen LogP contribution in [0.1, 0.15) is 44.2 Å². The van der Waals surface area contributed by atoms with Crippen LogP contribution in [0.25, 0.3) is 0 Å². The molecule has 0 heterocycles. The Kier molecular flexibility index (Phi) is 8.87. The number of benzene rings is 1. The van der Waals surface area contributed by atoms with E-state index < -0.39 is 0 Å². The molecule has 0 nitrogen and oxygen atoms in total. The van der Waals surface area contributed by atoms with Gasteiger partial charge in [0, 0.05) is 0 Å². The van der Waals surface area contributed by atoms with Gasteiger partial charge in [-0.15, -0.1) is 30.4 Å². The van der Waals surface area contributed by atoms with Gasteiger partial charge in [0.15, 0.2) is 7.28 Å². The Morgan fingerprint density at radius 1 is 1.22 bits per heavy atom. The number of aryl methyl sites for hydroxylation is 1. The largest absolute Gasteiger partial charge is 0.194 e. The highest BCUT2D eigenvalue weighted by Gasteiger charge is 2.07. The summed E-state index contributed by atoms with van der Waals surface area (Å²) in [5.74, 6) is 0. The molecule has 1 aromatic rings. The highest BCUT2D eigenvalue weighted by Crippen LogP contribution is 2.28. The minimum Gasteiger partial charge on any atom is -0.110 e. The zero-order valence-corrected chi connectivity index (χ0v) is 15.8. The van der Waals surface area contributed by atoms with E-state index in [1.165, 1.54) is 31.9 Å². The number of thioether (sulfide) groups is 1. The predicted octanol–water partition coefficient (Wildman–Crippen LogP) is 6.34. The van der Waals surface area contributed by atoms with Crippen LogP contribution < -0.4 is 0 Å². The molecule has 0 aliphatic heterocycles. The van der Waals surface area contributed by atoms with Gasteiger partial charge in [0.25, 0.3) is 0 Å². The number of rotatable bonds is 10. The average Bonchev–Trinajstić information content (AvgIpc) is 2.46. The van der Waals surface area contributed by atoms with E-state index in [2.05, 4.69) is 70.8 Å².